The fraction of sp³-hybridized carbons (Fsp3) is 0.500. The minimum atomic E-state index is -0.712. The fourth-order valence-electron chi connectivity index (χ4n) is 2.87. The van der Waals surface area contributed by atoms with Gasteiger partial charge in [0.25, 0.3) is 5.91 Å². The number of hydrogen-bond acceptors (Lipinski definition) is 5. The minimum absolute atomic E-state index is 0.0631. The first-order chi connectivity index (χ1) is 13.9. The number of benzene rings is 1. The van der Waals surface area contributed by atoms with Crippen LogP contribution in [0.2, 0.25) is 0 Å². The van der Waals surface area contributed by atoms with Crippen molar-refractivity contribution in [1.82, 2.24) is 19.8 Å². The number of ether oxygens (including phenoxy) is 1. The average Bonchev–Trinajstić information content (AvgIpc) is 2.96. The molecular weight excluding hydrogens is 376 g/mol. The zero-order chi connectivity index (χ0) is 21.4. The lowest BCUT2D eigenvalue weighted by Gasteiger charge is -2.11. The van der Waals surface area contributed by atoms with Crippen molar-refractivity contribution >= 4 is 28.9 Å². The van der Waals surface area contributed by atoms with E-state index in [-0.39, 0.29) is 24.7 Å². The predicted octanol–water partition coefficient (Wildman–Crippen LogP) is 1.77. The van der Waals surface area contributed by atoms with Gasteiger partial charge in [0, 0.05) is 19.1 Å². The van der Waals surface area contributed by atoms with Gasteiger partial charge in [-0.1, -0.05) is 26.0 Å². The number of imidazole rings is 1. The normalized spacial score (nSPS) is 11.8. The Morgan fingerprint density at radius 2 is 1.69 bits per heavy atom. The summed E-state index contributed by atoms with van der Waals surface area (Å²) in [6.45, 7) is 5.88. The number of aryl methyl sites for hydroxylation is 2. The number of carbonyl (C=O) groups is 3. The molecule has 0 radical (unpaired) electrons. The summed E-state index contributed by atoms with van der Waals surface area (Å²) in [5.74, 6) is -1.34. The number of para-hydroxylation sites is 2. The maximum Gasteiger partial charge on any atom is 0.329 e. The monoisotopic (exact) mass is 404 g/mol. The molecular formula is C20H28N4O5. The van der Waals surface area contributed by atoms with E-state index in [9.17, 15) is 19.2 Å². The van der Waals surface area contributed by atoms with Crippen molar-refractivity contribution < 1.29 is 19.1 Å². The number of aromatic nitrogens is 2. The van der Waals surface area contributed by atoms with Crippen molar-refractivity contribution in [2.45, 2.75) is 59.2 Å². The lowest BCUT2D eigenvalue weighted by Crippen LogP contribution is -2.44. The number of hydrogen-bond donors (Lipinski definition) is 2. The summed E-state index contributed by atoms with van der Waals surface area (Å²) >= 11 is 0. The van der Waals surface area contributed by atoms with E-state index in [1.54, 1.807) is 4.57 Å². The SMILES string of the molecule is CCCn1c(=O)n(CCC(=O)OCC(=O)NC(=O)N[C@H](C)CC)c2ccccc21. The van der Waals surface area contributed by atoms with Crippen LogP contribution in [-0.4, -0.2) is 39.7 Å². The van der Waals surface area contributed by atoms with E-state index in [0.29, 0.717) is 6.54 Å². The van der Waals surface area contributed by atoms with E-state index in [0.717, 1.165) is 23.9 Å². The third kappa shape index (κ3) is 5.94. The van der Waals surface area contributed by atoms with E-state index in [4.69, 9.17) is 4.74 Å². The summed E-state index contributed by atoms with van der Waals surface area (Å²) in [5.41, 5.74) is 1.39. The molecule has 9 heteroatoms. The Morgan fingerprint density at radius 3 is 2.28 bits per heavy atom. The van der Waals surface area contributed by atoms with Crippen molar-refractivity contribution in [2.75, 3.05) is 6.61 Å². The molecule has 0 aliphatic carbocycles. The number of nitrogens with zero attached hydrogens (tertiary/aromatic N) is 2. The highest BCUT2D eigenvalue weighted by atomic mass is 16.5. The summed E-state index contributed by atoms with van der Waals surface area (Å²) in [6.07, 6.45) is 1.48. The first-order valence-corrected chi connectivity index (χ1v) is 9.81. The van der Waals surface area contributed by atoms with Gasteiger partial charge in [0.1, 0.15) is 0 Å². The Morgan fingerprint density at radius 1 is 1.07 bits per heavy atom. The molecule has 2 aromatic rings. The third-order valence-corrected chi connectivity index (χ3v) is 4.52. The van der Waals surface area contributed by atoms with Crippen molar-refractivity contribution in [2.24, 2.45) is 0 Å². The largest absolute Gasteiger partial charge is 0.456 e. The Balaban J connectivity index is 1.90. The number of nitrogens with one attached hydrogen (secondary N) is 2. The van der Waals surface area contributed by atoms with Gasteiger partial charge in [0.15, 0.2) is 6.61 Å². The molecule has 1 heterocycles. The molecule has 0 fully saturated rings. The van der Waals surface area contributed by atoms with Crippen molar-refractivity contribution in [3.63, 3.8) is 0 Å². The summed E-state index contributed by atoms with van der Waals surface area (Å²) in [7, 11) is 0. The highest BCUT2D eigenvalue weighted by Gasteiger charge is 2.15. The second-order valence-corrected chi connectivity index (χ2v) is 6.82. The van der Waals surface area contributed by atoms with Gasteiger partial charge >= 0.3 is 17.7 Å². The summed E-state index contributed by atoms with van der Waals surface area (Å²) in [6, 6.07) is 6.70. The van der Waals surface area contributed by atoms with Gasteiger partial charge in [-0.15, -0.1) is 0 Å². The van der Waals surface area contributed by atoms with Crippen LogP contribution in [0.4, 0.5) is 4.79 Å². The molecule has 3 amide bonds. The van der Waals surface area contributed by atoms with Gasteiger partial charge in [-0.05, 0) is 31.9 Å². The van der Waals surface area contributed by atoms with E-state index < -0.39 is 24.5 Å². The zero-order valence-corrected chi connectivity index (χ0v) is 17.1. The van der Waals surface area contributed by atoms with Crippen molar-refractivity contribution in [3.05, 3.63) is 34.7 Å². The second kappa shape index (κ2) is 10.4. The van der Waals surface area contributed by atoms with Crippen LogP contribution in [0.3, 0.4) is 0 Å². The second-order valence-electron chi connectivity index (χ2n) is 6.82. The number of amides is 3. The number of carbonyl (C=O) groups excluding carboxylic acids is 3. The topological polar surface area (TPSA) is 111 Å². The van der Waals surface area contributed by atoms with Gasteiger partial charge < -0.3 is 10.1 Å². The zero-order valence-electron chi connectivity index (χ0n) is 17.1. The first-order valence-electron chi connectivity index (χ1n) is 9.81. The van der Waals surface area contributed by atoms with E-state index in [2.05, 4.69) is 10.6 Å². The lowest BCUT2D eigenvalue weighted by molar-refractivity contribution is -0.148. The summed E-state index contributed by atoms with van der Waals surface area (Å²) in [4.78, 5) is 47.9. The quantitative estimate of drug-likeness (QED) is 0.619. The van der Waals surface area contributed by atoms with E-state index in [1.807, 2.05) is 45.0 Å². The molecule has 2 N–H and O–H groups in total. The first kappa shape index (κ1) is 22.2. The number of imide groups is 1. The third-order valence-electron chi connectivity index (χ3n) is 4.52. The van der Waals surface area contributed by atoms with Crippen molar-refractivity contribution in [1.29, 1.82) is 0 Å². The summed E-state index contributed by atoms with van der Waals surface area (Å²) in [5, 5.41) is 4.68. The summed E-state index contributed by atoms with van der Waals surface area (Å²) < 4.78 is 8.13. The molecule has 158 valence electrons. The Hall–Kier alpha value is -3.10. The molecule has 29 heavy (non-hydrogen) atoms. The number of rotatable bonds is 9. The smallest absolute Gasteiger partial charge is 0.329 e. The number of fused-ring (bicyclic) bond motifs is 1. The predicted molar refractivity (Wildman–Crippen MR) is 108 cm³/mol. The molecule has 2 rings (SSSR count). The standard InChI is InChI=1S/C20H28N4O5/c1-4-11-23-15-8-6-7-9-16(15)24(20(23)28)12-10-18(26)29-13-17(25)22-19(27)21-14(3)5-2/h6-9,14H,4-5,10-13H2,1-3H3,(H2,21,22,25,27)/t14-/m1/s1. The molecule has 0 bridgehead atoms. The van der Waals surface area contributed by atoms with Crippen LogP contribution in [0.15, 0.2) is 29.1 Å². The van der Waals surface area contributed by atoms with E-state index in [1.165, 1.54) is 4.57 Å². The Kier molecular flexibility index (Phi) is 7.99. The van der Waals surface area contributed by atoms with Gasteiger partial charge in [-0.3, -0.25) is 24.0 Å². The van der Waals surface area contributed by atoms with Gasteiger partial charge in [0.05, 0.1) is 17.5 Å². The highest BCUT2D eigenvalue weighted by Crippen LogP contribution is 2.13. The van der Waals surface area contributed by atoms with Crippen LogP contribution in [0, 0.1) is 0 Å². The molecule has 1 aromatic heterocycles. The van der Waals surface area contributed by atoms with Crippen LogP contribution >= 0.6 is 0 Å². The van der Waals surface area contributed by atoms with E-state index >= 15 is 0 Å². The molecule has 0 unspecified atom stereocenters. The average molecular weight is 404 g/mol. The van der Waals surface area contributed by atoms with Crippen LogP contribution in [0.5, 0.6) is 0 Å². The molecule has 0 spiro atoms. The van der Waals surface area contributed by atoms with Gasteiger partial charge in [0.2, 0.25) is 0 Å². The number of esters is 1. The Bertz CT molecular complexity index is 931. The highest BCUT2D eigenvalue weighted by molar-refractivity contribution is 5.95. The molecule has 0 aliphatic heterocycles. The number of urea groups is 1. The maximum absolute atomic E-state index is 12.7. The van der Waals surface area contributed by atoms with Crippen molar-refractivity contribution in [3.8, 4) is 0 Å². The molecule has 1 atom stereocenters. The lowest BCUT2D eigenvalue weighted by atomic mass is 10.3. The van der Waals surface area contributed by atoms with Crippen LogP contribution in [0.1, 0.15) is 40.0 Å². The molecule has 1 aromatic carbocycles. The minimum Gasteiger partial charge on any atom is -0.456 e. The Labute approximate surface area is 169 Å². The van der Waals surface area contributed by atoms with Gasteiger partial charge in [-0.2, -0.15) is 0 Å². The maximum atomic E-state index is 12.7. The fourth-order valence-corrected chi connectivity index (χ4v) is 2.87. The van der Waals surface area contributed by atoms with Crippen LogP contribution in [0.25, 0.3) is 11.0 Å². The van der Waals surface area contributed by atoms with Gasteiger partial charge in [-0.25, -0.2) is 9.59 Å². The molecule has 9 nitrogen and oxygen atoms in total. The molecule has 0 aliphatic rings. The molecule has 0 saturated heterocycles. The van der Waals surface area contributed by atoms with Crippen LogP contribution in [-0.2, 0) is 27.4 Å². The molecule has 0 saturated carbocycles. The van der Waals surface area contributed by atoms with Crippen LogP contribution < -0.4 is 16.3 Å².